The number of fused-ring (bicyclic) bond motifs is 1. The van der Waals surface area contributed by atoms with Crippen molar-refractivity contribution in [1.82, 2.24) is 19.6 Å². The number of aliphatic carboxylic acids is 1. The maximum absolute atomic E-state index is 12.9. The van der Waals surface area contributed by atoms with Crippen molar-refractivity contribution in [2.24, 2.45) is 5.41 Å². The molecule has 4 rings (SSSR count). The lowest BCUT2D eigenvalue weighted by atomic mass is 9.81. The number of carboxylic acids is 1. The summed E-state index contributed by atoms with van der Waals surface area (Å²) in [6.07, 6.45) is -2.05. The summed E-state index contributed by atoms with van der Waals surface area (Å²) >= 11 is 0. The van der Waals surface area contributed by atoms with Gasteiger partial charge in [-0.15, -0.1) is 0 Å². The molecule has 1 N–H and O–H groups in total. The normalized spacial score (nSPS) is 19.5. The van der Waals surface area contributed by atoms with Crippen molar-refractivity contribution in [2.75, 3.05) is 18.0 Å². The van der Waals surface area contributed by atoms with Crippen molar-refractivity contribution >= 4 is 17.4 Å². The first-order chi connectivity index (χ1) is 15.4. The van der Waals surface area contributed by atoms with E-state index < -0.39 is 23.3 Å². The fraction of sp³-hybridized carbons (Fsp3) is 0.478. The zero-order chi connectivity index (χ0) is 24.1. The standard InChI is InChI=1S/C23H26F3N5O2/c1-13(2)19-14(3)28-18-10-16(15-6-7-17(27-11-15)23(24,25)26)29-31(18)20(19)30-9-5-8-22(4,12-30)21(32)33/h6-7,10-11,13H,5,8-9,12H2,1-4H3,(H,32,33)/t22-/m1/s1. The van der Waals surface area contributed by atoms with E-state index in [4.69, 9.17) is 0 Å². The predicted octanol–water partition coefficient (Wildman–Crippen LogP) is 4.93. The molecule has 176 valence electrons. The number of aromatic nitrogens is 4. The van der Waals surface area contributed by atoms with Crippen LogP contribution in [0.3, 0.4) is 0 Å². The first kappa shape index (κ1) is 23.0. The summed E-state index contributed by atoms with van der Waals surface area (Å²) < 4.78 is 40.4. The monoisotopic (exact) mass is 461 g/mol. The Morgan fingerprint density at radius 1 is 1.27 bits per heavy atom. The molecule has 0 aliphatic carbocycles. The summed E-state index contributed by atoms with van der Waals surface area (Å²) in [6, 6.07) is 3.99. The summed E-state index contributed by atoms with van der Waals surface area (Å²) in [5.74, 6) is 0.0541. The minimum atomic E-state index is -4.51. The highest BCUT2D eigenvalue weighted by molar-refractivity contribution is 5.76. The van der Waals surface area contributed by atoms with Crippen LogP contribution in [0.25, 0.3) is 16.9 Å². The van der Waals surface area contributed by atoms with E-state index in [2.05, 4.69) is 20.0 Å². The van der Waals surface area contributed by atoms with E-state index in [-0.39, 0.29) is 5.92 Å². The number of piperidine rings is 1. The van der Waals surface area contributed by atoms with E-state index in [0.29, 0.717) is 36.4 Å². The molecule has 1 aliphatic rings. The topological polar surface area (TPSA) is 83.6 Å². The van der Waals surface area contributed by atoms with Gasteiger partial charge in [-0.25, -0.2) is 4.98 Å². The molecule has 0 unspecified atom stereocenters. The van der Waals surface area contributed by atoms with Gasteiger partial charge in [0.1, 0.15) is 11.5 Å². The zero-order valence-corrected chi connectivity index (χ0v) is 18.9. The molecule has 10 heteroatoms. The fourth-order valence-electron chi connectivity index (χ4n) is 4.54. The van der Waals surface area contributed by atoms with Gasteiger partial charge in [0.05, 0.1) is 11.1 Å². The van der Waals surface area contributed by atoms with Gasteiger partial charge < -0.3 is 10.0 Å². The van der Waals surface area contributed by atoms with Gasteiger partial charge in [0, 0.05) is 42.2 Å². The summed E-state index contributed by atoms with van der Waals surface area (Å²) in [7, 11) is 0. The molecule has 0 saturated carbocycles. The van der Waals surface area contributed by atoms with Crippen LogP contribution < -0.4 is 4.90 Å². The number of carbonyl (C=O) groups is 1. The Hall–Kier alpha value is -3.17. The number of halogens is 3. The Labute approximate surface area is 189 Å². The first-order valence-electron chi connectivity index (χ1n) is 10.8. The molecule has 1 atom stereocenters. The third kappa shape index (κ3) is 4.14. The van der Waals surface area contributed by atoms with Crippen molar-refractivity contribution in [3.8, 4) is 11.3 Å². The number of pyridine rings is 1. The van der Waals surface area contributed by atoms with Crippen LogP contribution in [0.1, 0.15) is 56.5 Å². The van der Waals surface area contributed by atoms with Crippen LogP contribution in [0.5, 0.6) is 0 Å². The van der Waals surface area contributed by atoms with Crippen molar-refractivity contribution in [1.29, 1.82) is 0 Å². The number of hydrogen-bond acceptors (Lipinski definition) is 5. The van der Waals surface area contributed by atoms with Crippen LogP contribution in [0.15, 0.2) is 24.4 Å². The van der Waals surface area contributed by atoms with Gasteiger partial charge >= 0.3 is 12.1 Å². The number of hydrogen-bond donors (Lipinski definition) is 1. The molecule has 0 aromatic carbocycles. The van der Waals surface area contributed by atoms with Crippen molar-refractivity contribution < 1.29 is 23.1 Å². The molecule has 3 aromatic rings. The Balaban J connectivity index is 1.86. The number of aryl methyl sites for hydroxylation is 1. The summed E-state index contributed by atoms with van der Waals surface area (Å²) in [4.78, 5) is 22.2. The second-order valence-corrected chi connectivity index (χ2v) is 9.21. The van der Waals surface area contributed by atoms with E-state index in [1.165, 1.54) is 6.07 Å². The van der Waals surface area contributed by atoms with Crippen molar-refractivity contribution in [3.05, 3.63) is 41.3 Å². The van der Waals surface area contributed by atoms with Crippen molar-refractivity contribution in [2.45, 2.75) is 52.6 Å². The maximum Gasteiger partial charge on any atom is 0.433 e. The molecule has 1 saturated heterocycles. The van der Waals surface area contributed by atoms with Crippen LogP contribution in [0, 0.1) is 12.3 Å². The smallest absolute Gasteiger partial charge is 0.433 e. The lowest BCUT2D eigenvalue weighted by Gasteiger charge is -2.40. The number of nitrogens with zero attached hydrogens (tertiary/aromatic N) is 5. The Morgan fingerprint density at radius 3 is 2.58 bits per heavy atom. The largest absolute Gasteiger partial charge is 0.481 e. The maximum atomic E-state index is 12.9. The number of rotatable bonds is 4. The summed E-state index contributed by atoms with van der Waals surface area (Å²) in [5.41, 5.74) is 1.37. The first-order valence-corrected chi connectivity index (χ1v) is 10.8. The van der Waals surface area contributed by atoms with Crippen LogP contribution in [0.4, 0.5) is 19.0 Å². The van der Waals surface area contributed by atoms with Crippen LogP contribution >= 0.6 is 0 Å². The number of anilines is 1. The fourth-order valence-corrected chi connectivity index (χ4v) is 4.54. The lowest BCUT2D eigenvalue weighted by Crippen LogP contribution is -2.47. The van der Waals surface area contributed by atoms with E-state index in [0.717, 1.165) is 35.8 Å². The second-order valence-electron chi connectivity index (χ2n) is 9.21. The van der Waals surface area contributed by atoms with E-state index >= 15 is 0 Å². The molecular formula is C23H26F3N5O2. The molecule has 33 heavy (non-hydrogen) atoms. The average Bonchev–Trinajstić information content (AvgIpc) is 3.15. The molecule has 4 heterocycles. The Kier molecular flexibility index (Phi) is 5.58. The molecule has 7 nitrogen and oxygen atoms in total. The van der Waals surface area contributed by atoms with Gasteiger partial charge in [-0.3, -0.25) is 9.78 Å². The molecule has 1 aliphatic heterocycles. The lowest BCUT2D eigenvalue weighted by molar-refractivity contribution is -0.148. The molecule has 1 fully saturated rings. The van der Waals surface area contributed by atoms with Crippen molar-refractivity contribution in [3.63, 3.8) is 0 Å². The van der Waals surface area contributed by atoms with E-state index in [1.54, 1.807) is 17.5 Å². The molecule has 0 amide bonds. The third-order valence-corrected chi connectivity index (χ3v) is 6.24. The van der Waals surface area contributed by atoms with Gasteiger partial charge in [-0.1, -0.05) is 13.8 Å². The van der Waals surface area contributed by atoms with Crippen LogP contribution in [-0.2, 0) is 11.0 Å². The highest BCUT2D eigenvalue weighted by Crippen LogP contribution is 2.38. The minimum Gasteiger partial charge on any atom is -0.481 e. The molecule has 3 aromatic heterocycles. The van der Waals surface area contributed by atoms with Crippen LogP contribution in [0.2, 0.25) is 0 Å². The van der Waals surface area contributed by atoms with Crippen LogP contribution in [-0.4, -0.2) is 43.7 Å². The van der Waals surface area contributed by atoms with E-state index in [1.807, 2.05) is 20.8 Å². The SMILES string of the molecule is Cc1nc2cc(-c3ccc(C(F)(F)F)nc3)nn2c(N2CCC[C@@](C)(C(=O)O)C2)c1C(C)C. The molecule has 0 spiro atoms. The third-order valence-electron chi connectivity index (χ3n) is 6.24. The molecule has 0 bridgehead atoms. The predicted molar refractivity (Wildman–Crippen MR) is 117 cm³/mol. The van der Waals surface area contributed by atoms with Gasteiger partial charge in [-0.2, -0.15) is 22.8 Å². The highest BCUT2D eigenvalue weighted by atomic mass is 19.4. The highest BCUT2D eigenvalue weighted by Gasteiger charge is 2.39. The zero-order valence-electron chi connectivity index (χ0n) is 18.9. The number of carboxylic acid groups (broad SMARTS) is 1. The Morgan fingerprint density at radius 2 is 2.00 bits per heavy atom. The van der Waals surface area contributed by atoms with Gasteiger partial charge in [-0.05, 0) is 44.7 Å². The summed E-state index contributed by atoms with van der Waals surface area (Å²) in [6.45, 7) is 8.76. The molecule has 0 radical (unpaired) electrons. The number of alkyl halides is 3. The average molecular weight is 461 g/mol. The minimum absolute atomic E-state index is 0.107. The van der Waals surface area contributed by atoms with Gasteiger partial charge in [0.15, 0.2) is 5.65 Å². The van der Waals surface area contributed by atoms with E-state index in [9.17, 15) is 23.1 Å². The second kappa shape index (κ2) is 8.00. The Bertz CT molecular complexity index is 1200. The van der Waals surface area contributed by atoms with Gasteiger partial charge in [0.25, 0.3) is 0 Å². The summed E-state index contributed by atoms with van der Waals surface area (Å²) in [5, 5.41) is 14.5. The molecular weight excluding hydrogens is 435 g/mol. The van der Waals surface area contributed by atoms with Gasteiger partial charge in [0.2, 0.25) is 0 Å². The quantitative estimate of drug-likeness (QED) is 0.593.